The largest absolute Gasteiger partial charge is 0.495 e. The number of azide groups is 1. The van der Waals surface area contributed by atoms with Crippen molar-refractivity contribution in [3.05, 3.63) is 39.8 Å². The molecule has 0 saturated heterocycles. The van der Waals surface area contributed by atoms with E-state index in [9.17, 15) is 0 Å². The predicted molar refractivity (Wildman–Crippen MR) is 72.7 cm³/mol. The van der Waals surface area contributed by atoms with Gasteiger partial charge < -0.3 is 4.74 Å². The Morgan fingerprint density at radius 1 is 1.50 bits per heavy atom. The molecule has 0 radical (unpaired) electrons. The van der Waals surface area contributed by atoms with Gasteiger partial charge in [-0.3, -0.25) is 5.32 Å². The highest BCUT2D eigenvalue weighted by molar-refractivity contribution is 5.46. The molecule has 1 atom stereocenters. The number of nitrogens with zero attached hydrogens (tertiary/aromatic N) is 5. The number of ether oxygens (including phenoxy) is 1. The Kier molecular flexibility index (Phi) is 6.43. The van der Waals surface area contributed by atoms with Crippen LogP contribution in [0.1, 0.15) is 23.6 Å². The van der Waals surface area contributed by atoms with E-state index in [4.69, 9.17) is 20.8 Å². The molecule has 0 aliphatic heterocycles. The minimum Gasteiger partial charge on any atom is -0.495 e. The topological polar surface area (TPSA) is 118 Å². The van der Waals surface area contributed by atoms with E-state index in [1.54, 1.807) is 18.2 Å². The first-order valence-electron chi connectivity index (χ1n) is 5.98. The molecule has 7 heteroatoms. The van der Waals surface area contributed by atoms with Crippen molar-refractivity contribution >= 4 is 0 Å². The van der Waals surface area contributed by atoms with Crippen LogP contribution in [0.3, 0.4) is 0 Å². The molecule has 1 aromatic rings. The normalized spacial score (nSPS) is 10.8. The van der Waals surface area contributed by atoms with E-state index in [2.05, 4.69) is 21.4 Å². The van der Waals surface area contributed by atoms with E-state index in [-0.39, 0.29) is 0 Å². The molecular formula is C13H14N6O. The highest BCUT2D eigenvalue weighted by Crippen LogP contribution is 2.22. The lowest BCUT2D eigenvalue weighted by Gasteiger charge is -2.12. The summed E-state index contributed by atoms with van der Waals surface area (Å²) in [5.74, 6) is 0.483. The summed E-state index contributed by atoms with van der Waals surface area (Å²) in [5.41, 5.74) is 9.24. The van der Waals surface area contributed by atoms with Crippen molar-refractivity contribution in [3.63, 3.8) is 0 Å². The second kappa shape index (κ2) is 8.39. The molecule has 0 aliphatic rings. The van der Waals surface area contributed by atoms with Crippen molar-refractivity contribution < 1.29 is 4.74 Å². The Morgan fingerprint density at radius 2 is 2.30 bits per heavy atom. The first-order valence-corrected chi connectivity index (χ1v) is 5.98. The fraction of sp³-hybridized carbons (Fsp3) is 0.385. The lowest BCUT2D eigenvalue weighted by Crippen LogP contribution is -2.21. The Balaban J connectivity index is 2.73. The van der Waals surface area contributed by atoms with Gasteiger partial charge in [-0.2, -0.15) is 10.5 Å². The van der Waals surface area contributed by atoms with Gasteiger partial charge in [0.1, 0.15) is 17.9 Å². The first-order chi connectivity index (χ1) is 9.76. The van der Waals surface area contributed by atoms with Crippen LogP contribution in [-0.4, -0.2) is 20.2 Å². The van der Waals surface area contributed by atoms with Gasteiger partial charge in [0.05, 0.1) is 18.7 Å². The van der Waals surface area contributed by atoms with Crippen LogP contribution in [0.4, 0.5) is 0 Å². The van der Waals surface area contributed by atoms with E-state index in [1.807, 2.05) is 6.07 Å². The van der Waals surface area contributed by atoms with Crippen molar-refractivity contribution in [1.29, 1.82) is 10.5 Å². The van der Waals surface area contributed by atoms with Crippen LogP contribution in [0.2, 0.25) is 0 Å². The SMILES string of the molecule is COc1ccc(C(C#N)NCCCN=[N+]=[N-])cc1C#N. The minimum atomic E-state index is -0.515. The molecule has 1 unspecified atom stereocenters. The number of nitriles is 2. The van der Waals surface area contributed by atoms with Gasteiger partial charge in [-0.1, -0.05) is 11.2 Å². The average Bonchev–Trinajstić information content (AvgIpc) is 2.50. The van der Waals surface area contributed by atoms with Crippen molar-refractivity contribution in [2.24, 2.45) is 5.11 Å². The molecule has 0 aromatic heterocycles. The summed E-state index contributed by atoms with van der Waals surface area (Å²) >= 11 is 0. The zero-order chi connectivity index (χ0) is 14.8. The van der Waals surface area contributed by atoms with Crippen LogP contribution in [0.15, 0.2) is 23.3 Å². The fourth-order valence-electron chi connectivity index (χ4n) is 1.67. The Bertz CT molecular complexity index is 580. The molecule has 0 spiro atoms. The summed E-state index contributed by atoms with van der Waals surface area (Å²) in [7, 11) is 1.49. The Morgan fingerprint density at radius 3 is 2.90 bits per heavy atom. The highest BCUT2D eigenvalue weighted by Gasteiger charge is 2.12. The molecule has 0 heterocycles. The van der Waals surface area contributed by atoms with Gasteiger partial charge in [-0.05, 0) is 36.2 Å². The number of nitrogens with one attached hydrogen (secondary N) is 1. The maximum absolute atomic E-state index is 9.16. The summed E-state index contributed by atoms with van der Waals surface area (Å²) in [5, 5.41) is 24.6. The third-order valence-electron chi connectivity index (χ3n) is 2.65. The summed E-state index contributed by atoms with van der Waals surface area (Å²) in [6.07, 6.45) is 0.642. The average molecular weight is 270 g/mol. The van der Waals surface area contributed by atoms with Gasteiger partial charge in [0.15, 0.2) is 0 Å². The van der Waals surface area contributed by atoms with E-state index >= 15 is 0 Å². The minimum absolute atomic E-state index is 0.383. The smallest absolute Gasteiger partial charge is 0.136 e. The molecule has 0 fully saturated rings. The fourth-order valence-corrected chi connectivity index (χ4v) is 1.67. The summed E-state index contributed by atoms with van der Waals surface area (Å²) < 4.78 is 5.06. The number of methoxy groups -OCH3 is 1. The van der Waals surface area contributed by atoms with Gasteiger partial charge in [0, 0.05) is 11.5 Å². The molecule has 1 N–H and O–H groups in total. The van der Waals surface area contributed by atoms with E-state index in [0.717, 1.165) is 0 Å². The lowest BCUT2D eigenvalue weighted by molar-refractivity contribution is 0.413. The summed E-state index contributed by atoms with van der Waals surface area (Å²) in [6.45, 7) is 0.929. The third-order valence-corrected chi connectivity index (χ3v) is 2.65. The monoisotopic (exact) mass is 270 g/mol. The third kappa shape index (κ3) is 4.18. The van der Waals surface area contributed by atoms with Crippen molar-refractivity contribution in [1.82, 2.24) is 5.32 Å². The Hall–Kier alpha value is -2.73. The molecule has 1 aromatic carbocycles. The van der Waals surface area contributed by atoms with Crippen LogP contribution < -0.4 is 10.1 Å². The summed E-state index contributed by atoms with van der Waals surface area (Å²) in [6, 6.07) is 8.69. The number of hydrogen-bond donors (Lipinski definition) is 1. The van der Waals surface area contributed by atoms with Crippen molar-refractivity contribution in [2.75, 3.05) is 20.2 Å². The van der Waals surface area contributed by atoms with E-state index < -0.39 is 6.04 Å². The Labute approximate surface area is 117 Å². The highest BCUT2D eigenvalue weighted by atomic mass is 16.5. The van der Waals surface area contributed by atoms with Crippen molar-refractivity contribution in [3.8, 4) is 17.9 Å². The predicted octanol–water partition coefficient (Wildman–Crippen LogP) is 2.42. The van der Waals surface area contributed by atoms with E-state index in [0.29, 0.717) is 36.4 Å². The number of hydrogen-bond acceptors (Lipinski definition) is 5. The first kappa shape index (κ1) is 15.3. The molecule has 0 aliphatic carbocycles. The lowest BCUT2D eigenvalue weighted by atomic mass is 10.0. The van der Waals surface area contributed by atoms with Crippen LogP contribution in [0, 0.1) is 22.7 Å². The van der Waals surface area contributed by atoms with Crippen LogP contribution in [0.25, 0.3) is 10.4 Å². The quantitative estimate of drug-likeness (QED) is 0.354. The molecule has 7 nitrogen and oxygen atoms in total. The maximum Gasteiger partial charge on any atom is 0.136 e. The molecule has 0 saturated carbocycles. The van der Waals surface area contributed by atoms with Crippen LogP contribution >= 0.6 is 0 Å². The molecule has 1 rings (SSSR count). The van der Waals surface area contributed by atoms with Gasteiger partial charge in [-0.25, -0.2) is 0 Å². The van der Waals surface area contributed by atoms with Gasteiger partial charge in [-0.15, -0.1) is 0 Å². The standard InChI is InChI=1S/C13H14N6O/c1-20-13-4-3-10(7-11(13)8-14)12(9-15)17-5-2-6-18-19-16/h3-4,7,12,17H,2,5-6H2,1H3. The zero-order valence-corrected chi connectivity index (χ0v) is 11.1. The number of rotatable bonds is 7. The number of benzene rings is 1. The molecular weight excluding hydrogens is 256 g/mol. The second-order valence-corrected chi connectivity index (χ2v) is 3.90. The van der Waals surface area contributed by atoms with Gasteiger partial charge in [0.25, 0.3) is 0 Å². The van der Waals surface area contributed by atoms with Gasteiger partial charge >= 0.3 is 0 Å². The molecule has 102 valence electrons. The van der Waals surface area contributed by atoms with Gasteiger partial charge in [0.2, 0.25) is 0 Å². The zero-order valence-electron chi connectivity index (χ0n) is 11.1. The summed E-state index contributed by atoms with van der Waals surface area (Å²) in [4.78, 5) is 2.65. The van der Waals surface area contributed by atoms with Crippen molar-refractivity contribution in [2.45, 2.75) is 12.5 Å². The maximum atomic E-state index is 9.16. The molecule has 0 amide bonds. The molecule has 20 heavy (non-hydrogen) atoms. The van der Waals surface area contributed by atoms with E-state index in [1.165, 1.54) is 7.11 Å². The van der Waals surface area contributed by atoms with Crippen LogP contribution in [0.5, 0.6) is 5.75 Å². The molecule has 0 bridgehead atoms. The second-order valence-electron chi connectivity index (χ2n) is 3.90. The van der Waals surface area contributed by atoms with Crippen LogP contribution in [-0.2, 0) is 0 Å².